The van der Waals surface area contributed by atoms with E-state index in [4.69, 9.17) is 21.1 Å². The molecule has 4 rings (SSSR count). The third-order valence-electron chi connectivity index (χ3n) is 6.08. The van der Waals surface area contributed by atoms with E-state index >= 15 is 0 Å². The highest BCUT2D eigenvalue weighted by molar-refractivity contribution is 7.92. The van der Waals surface area contributed by atoms with Gasteiger partial charge in [0.25, 0.3) is 0 Å². The van der Waals surface area contributed by atoms with E-state index in [0.717, 1.165) is 16.1 Å². The molecular formula is C27H28ClN3O6S. The van der Waals surface area contributed by atoms with Crippen LogP contribution in [0, 0.1) is 0 Å². The highest BCUT2D eigenvalue weighted by atomic mass is 35.5. The number of benzene rings is 3. The van der Waals surface area contributed by atoms with E-state index in [9.17, 15) is 18.0 Å². The van der Waals surface area contributed by atoms with Crippen LogP contribution in [0.2, 0.25) is 5.02 Å². The van der Waals surface area contributed by atoms with Gasteiger partial charge in [-0.1, -0.05) is 54.1 Å². The first kappa shape index (κ1) is 27.3. The van der Waals surface area contributed by atoms with E-state index < -0.39 is 28.5 Å². The SMILES string of the molecule is CNC(=O)C(Cc1ccccc1)N(Cc1cccc(Cl)c1)C(=O)CN(c1ccc2c(c1)OCO2)S(C)(=O)=O. The third-order valence-corrected chi connectivity index (χ3v) is 7.46. The molecule has 200 valence electrons. The number of hydrogen-bond acceptors (Lipinski definition) is 6. The largest absolute Gasteiger partial charge is 0.454 e. The summed E-state index contributed by atoms with van der Waals surface area (Å²) in [5.74, 6) is -0.0684. The summed E-state index contributed by atoms with van der Waals surface area (Å²) in [4.78, 5) is 28.4. The highest BCUT2D eigenvalue weighted by Gasteiger charge is 2.33. The van der Waals surface area contributed by atoms with Crippen molar-refractivity contribution in [2.45, 2.75) is 19.0 Å². The molecule has 3 aromatic carbocycles. The average Bonchev–Trinajstić information content (AvgIpc) is 3.36. The van der Waals surface area contributed by atoms with Crippen molar-refractivity contribution in [2.75, 3.05) is 30.9 Å². The summed E-state index contributed by atoms with van der Waals surface area (Å²) in [5.41, 5.74) is 1.79. The van der Waals surface area contributed by atoms with Crippen LogP contribution in [-0.4, -0.2) is 57.8 Å². The van der Waals surface area contributed by atoms with Gasteiger partial charge in [0.2, 0.25) is 28.6 Å². The normalized spacial score (nSPS) is 13.0. The van der Waals surface area contributed by atoms with E-state index in [0.29, 0.717) is 22.1 Å². The molecule has 0 saturated carbocycles. The Morgan fingerprint density at radius 2 is 1.68 bits per heavy atom. The van der Waals surface area contributed by atoms with Crippen molar-refractivity contribution >= 4 is 39.1 Å². The van der Waals surface area contributed by atoms with Gasteiger partial charge in [-0.15, -0.1) is 0 Å². The summed E-state index contributed by atoms with van der Waals surface area (Å²) in [6.07, 6.45) is 1.25. The Kier molecular flexibility index (Phi) is 8.43. The maximum atomic E-state index is 13.9. The number of fused-ring (bicyclic) bond motifs is 1. The van der Waals surface area contributed by atoms with Crippen LogP contribution in [0.4, 0.5) is 5.69 Å². The van der Waals surface area contributed by atoms with Gasteiger partial charge in [-0.25, -0.2) is 8.42 Å². The molecule has 3 aromatic rings. The smallest absolute Gasteiger partial charge is 0.244 e. The number of rotatable bonds is 10. The van der Waals surface area contributed by atoms with Crippen molar-refractivity contribution < 1.29 is 27.5 Å². The number of carbonyl (C=O) groups is 2. The molecule has 0 aromatic heterocycles. The quantitative estimate of drug-likeness (QED) is 0.410. The Hall–Kier alpha value is -3.76. The second kappa shape index (κ2) is 11.7. The second-order valence-electron chi connectivity index (χ2n) is 8.78. The molecule has 11 heteroatoms. The Labute approximate surface area is 227 Å². The Morgan fingerprint density at radius 1 is 0.974 bits per heavy atom. The van der Waals surface area contributed by atoms with Crippen molar-refractivity contribution in [3.63, 3.8) is 0 Å². The molecule has 1 aliphatic heterocycles. The molecule has 9 nitrogen and oxygen atoms in total. The van der Waals surface area contributed by atoms with Gasteiger partial charge in [-0.3, -0.25) is 13.9 Å². The van der Waals surface area contributed by atoms with Gasteiger partial charge < -0.3 is 19.7 Å². The lowest BCUT2D eigenvalue weighted by molar-refractivity contribution is -0.139. The van der Waals surface area contributed by atoms with Crippen LogP contribution in [0.3, 0.4) is 0 Å². The maximum absolute atomic E-state index is 13.9. The molecule has 0 spiro atoms. The van der Waals surface area contributed by atoms with Gasteiger partial charge in [0.15, 0.2) is 11.5 Å². The van der Waals surface area contributed by atoms with Gasteiger partial charge in [-0.2, -0.15) is 0 Å². The highest BCUT2D eigenvalue weighted by Crippen LogP contribution is 2.36. The van der Waals surface area contributed by atoms with Gasteiger partial charge in [0, 0.05) is 31.1 Å². The first-order valence-electron chi connectivity index (χ1n) is 11.8. The molecule has 0 aliphatic carbocycles. The van der Waals surface area contributed by atoms with Crippen molar-refractivity contribution in [2.24, 2.45) is 0 Å². The number of likely N-dealkylation sites (N-methyl/N-ethyl adjacent to an activating group) is 1. The third kappa shape index (κ3) is 6.56. The molecule has 0 bridgehead atoms. The minimum Gasteiger partial charge on any atom is -0.454 e. The van der Waals surface area contributed by atoms with E-state index in [-0.39, 0.29) is 31.4 Å². The maximum Gasteiger partial charge on any atom is 0.244 e. The van der Waals surface area contributed by atoms with Crippen LogP contribution in [0.25, 0.3) is 0 Å². The number of nitrogens with zero attached hydrogens (tertiary/aromatic N) is 2. The average molecular weight is 558 g/mol. The van der Waals surface area contributed by atoms with E-state index in [1.807, 2.05) is 30.3 Å². The molecule has 1 aliphatic rings. The number of amides is 2. The molecular weight excluding hydrogens is 530 g/mol. The lowest BCUT2D eigenvalue weighted by Crippen LogP contribution is -2.52. The topological polar surface area (TPSA) is 105 Å². The zero-order valence-electron chi connectivity index (χ0n) is 21.0. The summed E-state index contributed by atoms with van der Waals surface area (Å²) in [5, 5.41) is 3.12. The fraction of sp³-hybridized carbons (Fsp3) is 0.259. The van der Waals surface area contributed by atoms with Gasteiger partial charge >= 0.3 is 0 Å². The number of hydrogen-bond donors (Lipinski definition) is 1. The van der Waals surface area contributed by atoms with Crippen LogP contribution in [0.1, 0.15) is 11.1 Å². The van der Waals surface area contributed by atoms with Crippen molar-refractivity contribution in [3.8, 4) is 11.5 Å². The Balaban J connectivity index is 1.71. The summed E-state index contributed by atoms with van der Waals surface area (Å²) in [7, 11) is -2.39. The molecule has 1 heterocycles. The first-order chi connectivity index (χ1) is 18.2. The minimum atomic E-state index is -3.89. The number of anilines is 1. The molecule has 0 radical (unpaired) electrons. The monoisotopic (exact) mass is 557 g/mol. The molecule has 38 heavy (non-hydrogen) atoms. The van der Waals surface area contributed by atoms with Crippen molar-refractivity contribution in [1.82, 2.24) is 10.2 Å². The zero-order valence-corrected chi connectivity index (χ0v) is 22.5. The van der Waals surface area contributed by atoms with Crippen LogP contribution in [0.15, 0.2) is 72.8 Å². The molecule has 1 N–H and O–H groups in total. The van der Waals surface area contributed by atoms with Gasteiger partial charge in [0.1, 0.15) is 12.6 Å². The standard InChI is InChI=1S/C27H28ClN3O6S/c1-29-27(33)23(14-19-7-4-3-5-8-19)30(16-20-9-6-10-21(28)13-20)26(32)17-31(38(2,34)35)22-11-12-24-25(15-22)37-18-36-24/h3-13,15,23H,14,16-18H2,1-2H3,(H,29,33). The predicted molar refractivity (Wildman–Crippen MR) is 145 cm³/mol. The lowest BCUT2D eigenvalue weighted by atomic mass is 10.0. The summed E-state index contributed by atoms with van der Waals surface area (Å²) in [6.45, 7) is -0.457. The van der Waals surface area contributed by atoms with Gasteiger partial charge in [-0.05, 0) is 35.4 Å². The number of sulfonamides is 1. The fourth-order valence-electron chi connectivity index (χ4n) is 4.21. The van der Waals surface area contributed by atoms with Gasteiger partial charge in [0.05, 0.1) is 11.9 Å². The summed E-state index contributed by atoms with van der Waals surface area (Å²) < 4.78 is 37.4. The van der Waals surface area contributed by atoms with Crippen LogP contribution in [-0.2, 0) is 32.6 Å². The Morgan fingerprint density at radius 3 is 2.37 bits per heavy atom. The van der Waals surface area contributed by atoms with Crippen molar-refractivity contribution in [1.29, 1.82) is 0 Å². The minimum absolute atomic E-state index is 0.0251. The number of nitrogens with one attached hydrogen (secondary N) is 1. The van der Waals surface area contributed by atoms with Crippen LogP contribution < -0.4 is 19.1 Å². The molecule has 0 fully saturated rings. The van der Waals surface area contributed by atoms with Crippen LogP contribution >= 0.6 is 11.6 Å². The molecule has 1 unspecified atom stereocenters. The predicted octanol–water partition coefficient (Wildman–Crippen LogP) is 3.22. The van der Waals surface area contributed by atoms with Crippen molar-refractivity contribution in [3.05, 3.63) is 88.9 Å². The molecule has 1 atom stereocenters. The fourth-order valence-corrected chi connectivity index (χ4v) is 5.26. The molecule has 0 saturated heterocycles. The van der Waals surface area contributed by atoms with Crippen LogP contribution in [0.5, 0.6) is 11.5 Å². The summed E-state index contributed by atoms with van der Waals surface area (Å²) in [6, 6.07) is 20.0. The first-order valence-corrected chi connectivity index (χ1v) is 14.0. The number of carbonyl (C=O) groups excluding carboxylic acids is 2. The van der Waals surface area contributed by atoms with E-state index in [1.54, 1.807) is 36.4 Å². The summed E-state index contributed by atoms with van der Waals surface area (Å²) >= 11 is 6.19. The number of halogens is 1. The van der Waals surface area contributed by atoms with E-state index in [1.165, 1.54) is 18.0 Å². The zero-order chi connectivity index (χ0) is 27.3. The second-order valence-corrected chi connectivity index (χ2v) is 11.1. The Bertz CT molecular complexity index is 1420. The molecule has 2 amide bonds. The lowest BCUT2D eigenvalue weighted by Gasteiger charge is -2.33. The van der Waals surface area contributed by atoms with E-state index in [2.05, 4.69) is 5.32 Å². The number of ether oxygens (including phenoxy) is 2.